The Labute approximate surface area is 146 Å². The van der Waals surface area contributed by atoms with Gasteiger partial charge in [-0.15, -0.1) is 0 Å². The van der Waals surface area contributed by atoms with Crippen LogP contribution in [0.1, 0.15) is 60.8 Å². The van der Waals surface area contributed by atoms with E-state index in [9.17, 15) is 0 Å². The number of aliphatic hydroxyl groups excluding tert-OH is 1. The van der Waals surface area contributed by atoms with Gasteiger partial charge in [-0.25, -0.2) is 0 Å². The molecule has 3 radical (unpaired) electrons. The molecule has 0 spiro atoms. The van der Waals surface area contributed by atoms with E-state index in [-0.39, 0.29) is 70.2 Å². The van der Waals surface area contributed by atoms with Crippen molar-refractivity contribution in [1.29, 1.82) is 0 Å². The van der Waals surface area contributed by atoms with Crippen LogP contribution in [-0.2, 0) is 0 Å². The van der Waals surface area contributed by atoms with Crippen molar-refractivity contribution in [2.75, 3.05) is 0 Å². The quantitative estimate of drug-likeness (QED) is 0.400. The largest absolute Gasteiger partial charge is 2.00 e. The summed E-state index contributed by atoms with van der Waals surface area (Å²) in [4.78, 5) is 0. The van der Waals surface area contributed by atoms with Crippen LogP contribution in [0.5, 0.6) is 0 Å². The summed E-state index contributed by atoms with van der Waals surface area (Å²) < 4.78 is 0. The SMILES string of the molecule is C.CC.CCCC=CO.[B].[CH2-]CCC.[CH3-].[Yb+2]. The van der Waals surface area contributed by atoms with Gasteiger partial charge in [0.2, 0.25) is 0 Å². The molecule has 1 N–H and O–H groups in total. The minimum absolute atomic E-state index is 0. The Morgan fingerprint density at radius 2 is 1.44 bits per heavy atom. The average molecular weight is 388 g/mol. The average Bonchev–Trinajstić information content (AvgIpc) is 2.18. The third-order valence-corrected chi connectivity index (χ3v) is 0.914. The molecule has 107 valence electrons. The van der Waals surface area contributed by atoms with Crippen molar-refractivity contribution >= 4 is 8.41 Å². The number of hydrogen-bond donors (Lipinski definition) is 1. The van der Waals surface area contributed by atoms with Crippen LogP contribution in [0.15, 0.2) is 12.3 Å². The van der Waals surface area contributed by atoms with Crippen LogP contribution in [0.4, 0.5) is 0 Å². The van der Waals surface area contributed by atoms with E-state index in [1.165, 1.54) is 6.42 Å². The normalized spacial score (nSPS) is 6.06. The molecular weight excluding hydrogens is 356 g/mol. The molecule has 0 amide bonds. The van der Waals surface area contributed by atoms with E-state index in [1.54, 1.807) is 6.08 Å². The Kier molecular flexibility index (Phi) is 197. The van der Waals surface area contributed by atoms with Gasteiger partial charge in [0.25, 0.3) is 0 Å². The first-order valence-corrected chi connectivity index (χ1v) is 4.91. The monoisotopic (exact) mass is 389 g/mol. The van der Waals surface area contributed by atoms with Crippen molar-refractivity contribution < 1.29 is 52.0 Å². The van der Waals surface area contributed by atoms with Gasteiger partial charge in [-0.05, 0) is 6.42 Å². The predicted molar refractivity (Wildman–Crippen MR) is 77.2 cm³/mol. The van der Waals surface area contributed by atoms with Gasteiger partial charge in [0.05, 0.1) is 6.26 Å². The molecule has 0 aromatic rings. The van der Waals surface area contributed by atoms with E-state index in [4.69, 9.17) is 5.11 Å². The molecule has 16 heavy (non-hydrogen) atoms. The van der Waals surface area contributed by atoms with Crippen molar-refractivity contribution in [2.24, 2.45) is 0 Å². The molecule has 0 atom stereocenters. The van der Waals surface area contributed by atoms with Gasteiger partial charge >= 0.3 is 46.9 Å². The number of rotatable bonds is 3. The Morgan fingerprint density at radius 3 is 1.50 bits per heavy atom. The topological polar surface area (TPSA) is 20.2 Å². The van der Waals surface area contributed by atoms with Crippen molar-refractivity contribution in [2.45, 2.75) is 60.8 Å². The van der Waals surface area contributed by atoms with Gasteiger partial charge in [-0.1, -0.05) is 54.0 Å². The molecular formula is C13H32BOYb. The van der Waals surface area contributed by atoms with Crippen LogP contribution in [0.3, 0.4) is 0 Å². The smallest absolute Gasteiger partial charge is 0.516 e. The number of hydrogen-bond acceptors (Lipinski definition) is 1. The zero-order valence-electron chi connectivity index (χ0n) is 11.0. The van der Waals surface area contributed by atoms with E-state index in [0.29, 0.717) is 0 Å². The molecule has 0 saturated heterocycles. The van der Waals surface area contributed by atoms with Gasteiger partial charge in [-0.3, -0.25) is 0 Å². The van der Waals surface area contributed by atoms with Gasteiger partial charge in [0, 0.05) is 8.41 Å². The van der Waals surface area contributed by atoms with Crippen LogP contribution in [-0.4, -0.2) is 13.5 Å². The second-order valence-corrected chi connectivity index (χ2v) is 2.03. The van der Waals surface area contributed by atoms with Gasteiger partial charge < -0.3 is 19.5 Å². The Morgan fingerprint density at radius 1 is 1.12 bits per heavy atom. The van der Waals surface area contributed by atoms with E-state index >= 15 is 0 Å². The molecule has 0 aliphatic carbocycles. The second-order valence-electron chi connectivity index (χ2n) is 2.03. The summed E-state index contributed by atoms with van der Waals surface area (Å²) in [6.07, 6.45) is 7.19. The van der Waals surface area contributed by atoms with Gasteiger partial charge in [0.15, 0.2) is 0 Å². The molecule has 0 saturated carbocycles. The molecule has 0 heterocycles. The Hall–Kier alpha value is 1.12. The van der Waals surface area contributed by atoms with Gasteiger partial charge in [0.1, 0.15) is 0 Å². The molecule has 0 aliphatic heterocycles. The molecule has 0 bridgehead atoms. The van der Waals surface area contributed by atoms with Crippen LogP contribution in [0.25, 0.3) is 0 Å². The third-order valence-electron chi connectivity index (χ3n) is 0.914. The van der Waals surface area contributed by atoms with E-state index in [0.717, 1.165) is 25.5 Å². The predicted octanol–water partition coefficient (Wildman–Crippen LogP) is 5.21. The summed E-state index contributed by atoms with van der Waals surface area (Å²) in [5.74, 6) is 0. The minimum atomic E-state index is 0. The standard InChI is InChI=1S/C5H10O.C4H9.C2H6.CH4.CH3.B.Yb/c1-2-3-4-5-6;1-3-4-2;1-2;;;;/h4-6H,2-3H2,1H3;1,3-4H2,2H3;1-2H3;1H4;1H3;;/q;-1;;;-1;;+2. The van der Waals surface area contributed by atoms with E-state index in [1.807, 2.05) is 13.8 Å². The number of aliphatic hydroxyl groups is 1. The molecule has 0 aliphatic rings. The number of allylic oxidation sites excluding steroid dienone is 1. The second kappa shape index (κ2) is 72.7. The minimum Gasteiger partial charge on any atom is -0.516 e. The molecule has 0 rings (SSSR count). The summed E-state index contributed by atoms with van der Waals surface area (Å²) in [6, 6.07) is 0. The maximum atomic E-state index is 8.02. The van der Waals surface area contributed by atoms with Crippen LogP contribution >= 0.6 is 0 Å². The third kappa shape index (κ3) is 115. The molecule has 1 nitrogen and oxygen atoms in total. The summed E-state index contributed by atoms with van der Waals surface area (Å²) >= 11 is 0. The fraction of sp³-hybridized carbons (Fsp3) is 0.692. The van der Waals surface area contributed by atoms with Crippen molar-refractivity contribution in [3.05, 3.63) is 26.7 Å². The first-order chi connectivity index (χ1) is 5.83. The zero-order chi connectivity index (χ0) is 10.2. The van der Waals surface area contributed by atoms with Crippen molar-refractivity contribution in [1.82, 2.24) is 0 Å². The number of unbranched alkanes of at least 4 members (excludes halogenated alkanes) is 2. The fourth-order valence-electron chi connectivity index (χ4n) is 0.241. The van der Waals surface area contributed by atoms with Crippen molar-refractivity contribution in [3.63, 3.8) is 0 Å². The summed E-state index contributed by atoms with van der Waals surface area (Å²) in [7, 11) is 0. The van der Waals surface area contributed by atoms with Gasteiger partial charge in [-0.2, -0.15) is 6.42 Å². The van der Waals surface area contributed by atoms with Crippen LogP contribution < -0.4 is 0 Å². The summed E-state index contributed by atoms with van der Waals surface area (Å²) in [5.41, 5.74) is 0. The molecule has 0 aromatic carbocycles. The maximum absolute atomic E-state index is 8.02. The van der Waals surface area contributed by atoms with Crippen LogP contribution in [0, 0.1) is 61.3 Å². The first-order valence-electron chi connectivity index (χ1n) is 4.91. The zero-order valence-corrected chi connectivity index (χ0v) is 12.7. The fourth-order valence-corrected chi connectivity index (χ4v) is 0.241. The summed E-state index contributed by atoms with van der Waals surface area (Å²) in [5, 5.41) is 8.02. The maximum Gasteiger partial charge on any atom is 2.00 e. The van der Waals surface area contributed by atoms with Crippen LogP contribution in [0.2, 0.25) is 0 Å². The first kappa shape index (κ1) is 43.4. The van der Waals surface area contributed by atoms with Crippen molar-refractivity contribution in [3.8, 4) is 0 Å². The molecule has 0 aromatic heterocycles. The Bertz CT molecular complexity index is 67.0. The molecule has 0 unspecified atom stereocenters. The van der Waals surface area contributed by atoms with E-state index < -0.39 is 0 Å². The molecule has 0 fully saturated rings. The molecule has 3 heteroatoms. The van der Waals surface area contributed by atoms with E-state index in [2.05, 4.69) is 20.8 Å². The Balaban J connectivity index is -0.0000000148. The summed E-state index contributed by atoms with van der Waals surface area (Å²) in [6.45, 7) is 11.8.